The highest BCUT2D eigenvalue weighted by atomic mass is 16.8. The zero-order chi connectivity index (χ0) is 15.8. The van der Waals surface area contributed by atoms with Crippen LogP contribution in [0, 0.1) is 17.3 Å². The van der Waals surface area contributed by atoms with Crippen LogP contribution < -0.4 is 0 Å². The number of carbonyl (C=O) groups excluding carboxylic acids is 1. The van der Waals surface area contributed by atoms with E-state index in [1.54, 1.807) is 0 Å². The Hall–Kier alpha value is -0.690. The Kier molecular flexibility index (Phi) is 2.89. The van der Waals surface area contributed by atoms with Crippen LogP contribution in [0.3, 0.4) is 0 Å². The minimum Gasteiger partial charge on any atom is -0.429 e. The maximum atomic E-state index is 11.9. The van der Waals surface area contributed by atoms with Crippen molar-refractivity contribution in [1.29, 1.82) is 0 Å². The maximum Gasteiger partial charge on any atom is 0.308 e. The summed E-state index contributed by atoms with van der Waals surface area (Å²) < 4.78 is 11.1. The summed E-state index contributed by atoms with van der Waals surface area (Å²) in [5, 5.41) is 31.8. The highest BCUT2D eigenvalue weighted by Gasteiger charge is 2.85. The van der Waals surface area contributed by atoms with Gasteiger partial charge in [-0.3, -0.25) is 4.79 Å². The topological polar surface area (TPSA) is 96.2 Å². The Morgan fingerprint density at radius 1 is 1.38 bits per heavy atom. The molecule has 3 saturated heterocycles. The summed E-state index contributed by atoms with van der Waals surface area (Å²) in [6.45, 7) is 7.30. The molecule has 6 heteroatoms. The van der Waals surface area contributed by atoms with Crippen LogP contribution in [0.1, 0.15) is 47.0 Å². The van der Waals surface area contributed by atoms with Gasteiger partial charge in [-0.2, -0.15) is 0 Å². The van der Waals surface area contributed by atoms with Crippen molar-refractivity contribution in [2.75, 3.05) is 0 Å². The monoisotopic (exact) mass is 300 g/mol. The zero-order valence-corrected chi connectivity index (χ0v) is 12.9. The van der Waals surface area contributed by atoms with Gasteiger partial charge in [-0.1, -0.05) is 20.8 Å². The number of ether oxygens (including phenoxy) is 2. The zero-order valence-electron chi connectivity index (χ0n) is 12.9. The maximum absolute atomic E-state index is 11.9. The van der Waals surface area contributed by atoms with Gasteiger partial charge < -0.3 is 24.8 Å². The van der Waals surface area contributed by atoms with E-state index < -0.39 is 34.7 Å². The quantitative estimate of drug-likeness (QED) is 0.644. The predicted octanol–water partition coefficient (Wildman–Crippen LogP) is 0.533. The fraction of sp³-hybridized carbons (Fsp3) is 0.933. The first kappa shape index (κ1) is 15.2. The smallest absolute Gasteiger partial charge is 0.308 e. The molecule has 0 amide bonds. The molecule has 6 atom stereocenters. The molecule has 3 aliphatic rings. The van der Waals surface area contributed by atoms with Crippen LogP contribution in [0.15, 0.2) is 0 Å². The van der Waals surface area contributed by atoms with Gasteiger partial charge >= 0.3 is 5.97 Å². The minimum absolute atomic E-state index is 0.110. The van der Waals surface area contributed by atoms with E-state index in [0.717, 1.165) is 0 Å². The summed E-state index contributed by atoms with van der Waals surface area (Å²) in [6, 6.07) is 0. The molecule has 0 aromatic carbocycles. The second kappa shape index (κ2) is 3.98. The average Bonchev–Trinajstić information content (AvgIpc) is 2.65. The van der Waals surface area contributed by atoms with Gasteiger partial charge in [0, 0.05) is 18.3 Å². The van der Waals surface area contributed by atoms with Gasteiger partial charge in [-0.15, -0.1) is 0 Å². The lowest BCUT2D eigenvalue weighted by molar-refractivity contribution is -0.313. The SMILES string of the molecule is CC(C)C[C@]12C[C@]3(O)O[C@@]1(OC(=O)C[C@H]2C)[C@H](O)[C@]3(C)O. The number of carbonyl (C=O) groups is 1. The van der Waals surface area contributed by atoms with Crippen molar-refractivity contribution < 1.29 is 29.6 Å². The second-order valence-corrected chi connectivity index (χ2v) is 7.61. The highest BCUT2D eigenvalue weighted by molar-refractivity contribution is 5.72. The molecule has 0 radical (unpaired) electrons. The summed E-state index contributed by atoms with van der Waals surface area (Å²) in [6.07, 6.45) is -0.467. The normalized spacial score (nSPS) is 55.7. The molecular weight excluding hydrogens is 276 g/mol. The standard InChI is InChI=1S/C15H24O6/c1-8(2)6-13-7-14(19)12(4,18)11(17)15(13,21-14)20-10(16)5-9(13)3/h8-9,11,17-19H,5-7H2,1-4H3/t9-,11-,12+,13-,14+,15+/m1/s1. The molecule has 3 N–H and O–H groups in total. The number of esters is 1. The first-order valence-electron chi connectivity index (χ1n) is 7.55. The first-order valence-corrected chi connectivity index (χ1v) is 7.55. The van der Waals surface area contributed by atoms with Crippen LogP contribution in [0.5, 0.6) is 0 Å². The van der Waals surface area contributed by atoms with Crippen molar-refractivity contribution in [2.45, 2.75) is 70.2 Å². The second-order valence-electron chi connectivity index (χ2n) is 7.61. The van der Waals surface area contributed by atoms with Gasteiger partial charge in [-0.05, 0) is 25.2 Å². The lowest BCUT2D eigenvalue weighted by Gasteiger charge is -2.55. The van der Waals surface area contributed by atoms with Gasteiger partial charge in [0.15, 0.2) is 6.10 Å². The first-order chi connectivity index (χ1) is 9.51. The molecular formula is C15H24O6. The number of fused-ring (bicyclic) bond motifs is 1. The fourth-order valence-corrected chi connectivity index (χ4v) is 4.63. The molecule has 3 fully saturated rings. The van der Waals surface area contributed by atoms with Crippen molar-refractivity contribution in [2.24, 2.45) is 17.3 Å². The number of aliphatic hydroxyl groups excluding tert-OH is 1. The Balaban J connectivity index is 2.16. The van der Waals surface area contributed by atoms with Gasteiger partial charge in [0.1, 0.15) is 5.60 Å². The number of rotatable bonds is 2. The van der Waals surface area contributed by atoms with Gasteiger partial charge in [0.2, 0.25) is 5.79 Å². The molecule has 0 saturated carbocycles. The number of hydrogen-bond acceptors (Lipinski definition) is 6. The Bertz CT molecular complexity index is 489. The predicted molar refractivity (Wildman–Crippen MR) is 71.8 cm³/mol. The third kappa shape index (κ3) is 1.54. The molecule has 3 aliphatic heterocycles. The molecule has 3 heterocycles. The molecule has 6 nitrogen and oxygen atoms in total. The van der Waals surface area contributed by atoms with Crippen LogP contribution in [0.4, 0.5) is 0 Å². The van der Waals surface area contributed by atoms with Gasteiger partial charge in [0.25, 0.3) is 5.79 Å². The molecule has 2 bridgehead atoms. The largest absolute Gasteiger partial charge is 0.429 e. The van der Waals surface area contributed by atoms with Crippen LogP contribution in [0.25, 0.3) is 0 Å². The Morgan fingerprint density at radius 2 is 2.00 bits per heavy atom. The molecule has 0 aliphatic carbocycles. The lowest BCUT2D eigenvalue weighted by Crippen LogP contribution is -2.69. The van der Waals surface area contributed by atoms with E-state index in [2.05, 4.69) is 0 Å². The van der Waals surface area contributed by atoms with E-state index in [1.165, 1.54) is 6.92 Å². The summed E-state index contributed by atoms with van der Waals surface area (Å²) in [5.41, 5.74) is -2.56. The van der Waals surface area contributed by atoms with E-state index in [0.29, 0.717) is 6.42 Å². The van der Waals surface area contributed by atoms with Crippen molar-refractivity contribution in [3.63, 3.8) is 0 Å². The van der Waals surface area contributed by atoms with Crippen LogP contribution in [0.2, 0.25) is 0 Å². The van der Waals surface area contributed by atoms with E-state index >= 15 is 0 Å². The van der Waals surface area contributed by atoms with Crippen molar-refractivity contribution in [3.05, 3.63) is 0 Å². The molecule has 1 spiro atoms. The Labute approximate surface area is 124 Å². The number of aliphatic hydroxyl groups is 3. The number of hydrogen-bond donors (Lipinski definition) is 3. The average molecular weight is 300 g/mol. The third-order valence-electron chi connectivity index (χ3n) is 5.71. The molecule has 120 valence electrons. The van der Waals surface area contributed by atoms with Crippen LogP contribution in [-0.4, -0.2) is 44.6 Å². The van der Waals surface area contributed by atoms with Crippen LogP contribution >= 0.6 is 0 Å². The minimum atomic E-state index is -1.90. The summed E-state index contributed by atoms with van der Waals surface area (Å²) >= 11 is 0. The lowest BCUT2D eigenvalue weighted by atomic mass is 9.54. The highest BCUT2D eigenvalue weighted by Crippen LogP contribution is 2.70. The van der Waals surface area contributed by atoms with E-state index in [-0.39, 0.29) is 24.7 Å². The van der Waals surface area contributed by atoms with E-state index in [1.807, 2.05) is 20.8 Å². The summed E-state index contributed by atoms with van der Waals surface area (Å²) in [7, 11) is 0. The van der Waals surface area contributed by atoms with E-state index in [9.17, 15) is 20.1 Å². The fourth-order valence-electron chi connectivity index (χ4n) is 4.63. The van der Waals surface area contributed by atoms with E-state index in [4.69, 9.17) is 9.47 Å². The summed E-state index contributed by atoms with van der Waals surface area (Å²) in [4.78, 5) is 11.9. The van der Waals surface area contributed by atoms with Crippen molar-refractivity contribution >= 4 is 5.97 Å². The van der Waals surface area contributed by atoms with Crippen molar-refractivity contribution in [3.8, 4) is 0 Å². The molecule has 3 rings (SSSR count). The molecule has 0 aromatic heterocycles. The third-order valence-corrected chi connectivity index (χ3v) is 5.71. The summed E-state index contributed by atoms with van der Waals surface area (Å²) in [5.74, 6) is -3.88. The van der Waals surface area contributed by atoms with Crippen molar-refractivity contribution in [1.82, 2.24) is 0 Å². The molecule has 21 heavy (non-hydrogen) atoms. The van der Waals surface area contributed by atoms with Gasteiger partial charge in [0.05, 0.1) is 0 Å². The molecule has 0 aromatic rings. The molecule has 0 unspecified atom stereocenters. The Morgan fingerprint density at radius 3 is 2.52 bits per heavy atom. The van der Waals surface area contributed by atoms with Crippen LogP contribution in [-0.2, 0) is 14.3 Å². The van der Waals surface area contributed by atoms with Gasteiger partial charge in [-0.25, -0.2) is 0 Å².